The van der Waals surface area contributed by atoms with E-state index in [2.05, 4.69) is 10.4 Å². The first-order valence-electron chi connectivity index (χ1n) is 9.50. The van der Waals surface area contributed by atoms with Gasteiger partial charge in [0, 0.05) is 6.08 Å². The molecule has 1 heterocycles. The molecule has 0 aliphatic heterocycles. The smallest absolute Gasteiger partial charge is 0.416 e. The molecule has 3 rings (SSSR count). The zero-order valence-electron chi connectivity index (χ0n) is 17.3. The number of hydrogen-bond acceptors (Lipinski definition) is 3. The molecular formula is C23H22F3N3O2. The Balaban J connectivity index is 1.72. The largest absolute Gasteiger partial charge is 0.497 e. The number of alkyl halides is 3. The first-order chi connectivity index (χ1) is 14.7. The van der Waals surface area contributed by atoms with E-state index in [0.29, 0.717) is 22.6 Å². The van der Waals surface area contributed by atoms with Crippen LogP contribution in [-0.2, 0) is 17.5 Å². The number of aryl methyl sites for hydroxylation is 1. The number of carbonyl (C=O) groups excluding carboxylic acids is 1. The predicted octanol–water partition coefficient (Wildman–Crippen LogP) is 5.23. The SMILES string of the molecule is COc1ccc(/C=C/C(=O)Nc2c(C)nn(Cc3cccc(C(F)(F)F)c3)c2C)cc1. The lowest BCUT2D eigenvalue weighted by molar-refractivity contribution is -0.137. The minimum atomic E-state index is -4.40. The lowest BCUT2D eigenvalue weighted by Gasteiger charge is -2.10. The van der Waals surface area contributed by atoms with E-state index in [4.69, 9.17) is 4.74 Å². The third-order valence-corrected chi connectivity index (χ3v) is 4.76. The van der Waals surface area contributed by atoms with Gasteiger partial charge in [0.25, 0.3) is 0 Å². The van der Waals surface area contributed by atoms with Crippen LogP contribution in [0.1, 0.15) is 28.1 Å². The molecule has 31 heavy (non-hydrogen) atoms. The zero-order chi connectivity index (χ0) is 22.6. The fourth-order valence-corrected chi connectivity index (χ4v) is 3.10. The van der Waals surface area contributed by atoms with E-state index in [1.807, 2.05) is 12.1 Å². The van der Waals surface area contributed by atoms with Crippen LogP contribution in [0.15, 0.2) is 54.6 Å². The van der Waals surface area contributed by atoms with E-state index in [0.717, 1.165) is 23.4 Å². The molecule has 1 aromatic heterocycles. The lowest BCUT2D eigenvalue weighted by atomic mass is 10.1. The molecule has 0 atom stereocenters. The molecule has 1 amide bonds. The van der Waals surface area contributed by atoms with Crippen molar-refractivity contribution in [3.8, 4) is 5.75 Å². The number of nitrogens with zero attached hydrogens (tertiary/aromatic N) is 2. The Kier molecular flexibility index (Phi) is 6.48. The molecule has 0 aliphatic rings. The predicted molar refractivity (Wildman–Crippen MR) is 113 cm³/mol. The fourth-order valence-electron chi connectivity index (χ4n) is 3.10. The van der Waals surface area contributed by atoms with Gasteiger partial charge in [0.1, 0.15) is 5.75 Å². The Hall–Kier alpha value is -3.55. The third-order valence-electron chi connectivity index (χ3n) is 4.76. The molecule has 0 aliphatic carbocycles. The Morgan fingerprint density at radius 1 is 1.16 bits per heavy atom. The number of halogens is 3. The second kappa shape index (κ2) is 9.07. The van der Waals surface area contributed by atoms with Crippen LogP contribution in [0, 0.1) is 13.8 Å². The number of aromatic nitrogens is 2. The molecule has 162 valence electrons. The van der Waals surface area contributed by atoms with Crippen LogP contribution in [0.25, 0.3) is 6.08 Å². The van der Waals surface area contributed by atoms with E-state index < -0.39 is 11.7 Å². The number of amides is 1. The van der Waals surface area contributed by atoms with Crippen molar-refractivity contribution in [1.82, 2.24) is 9.78 Å². The van der Waals surface area contributed by atoms with Crippen molar-refractivity contribution in [3.05, 3.63) is 82.7 Å². The van der Waals surface area contributed by atoms with Gasteiger partial charge in [0.2, 0.25) is 5.91 Å². The topological polar surface area (TPSA) is 56.1 Å². The minimum absolute atomic E-state index is 0.161. The summed E-state index contributed by atoms with van der Waals surface area (Å²) in [6.07, 6.45) is -1.32. The van der Waals surface area contributed by atoms with E-state index in [-0.39, 0.29) is 12.5 Å². The highest BCUT2D eigenvalue weighted by atomic mass is 19.4. The number of methoxy groups -OCH3 is 1. The quantitative estimate of drug-likeness (QED) is 0.546. The molecule has 0 fully saturated rings. The van der Waals surface area contributed by atoms with Crippen molar-refractivity contribution in [2.75, 3.05) is 12.4 Å². The molecule has 5 nitrogen and oxygen atoms in total. The molecule has 0 unspecified atom stereocenters. The number of rotatable bonds is 6. The van der Waals surface area contributed by atoms with Crippen LogP contribution >= 0.6 is 0 Å². The maximum Gasteiger partial charge on any atom is 0.416 e. The van der Waals surface area contributed by atoms with Gasteiger partial charge in [0.15, 0.2) is 0 Å². The highest BCUT2D eigenvalue weighted by Crippen LogP contribution is 2.30. The number of hydrogen-bond donors (Lipinski definition) is 1. The van der Waals surface area contributed by atoms with E-state index in [9.17, 15) is 18.0 Å². The molecule has 8 heteroatoms. The standard InChI is InChI=1S/C23H22F3N3O2/c1-15-22(27-21(30)12-9-17-7-10-20(31-3)11-8-17)16(2)29(28-15)14-18-5-4-6-19(13-18)23(24,25)26/h4-13H,14H2,1-3H3,(H,27,30)/b12-9+. The van der Waals surface area contributed by atoms with Gasteiger partial charge in [-0.2, -0.15) is 18.3 Å². The molecule has 0 radical (unpaired) electrons. The summed E-state index contributed by atoms with van der Waals surface area (Å²) in [6.45, 7) is 3.66. The van der Waals surface area contributed by atoms with Crippen LogP contribution in [-0.4, -0.2) is 22.8 Å². The van der Waals surface area contributed by atoms with Gasteiger partial charge < -0.3 is 10.1 Å². The summed E-state index contributed by atoms with van der Waals surface area (Å²) in [5.74, 6) is 0.390. The van der Waals surface area contributed by atoms with Crippen molar-refractivity contribution >= 4 is 17.7 Å². The number of ether oxygens (including phenoxy) is 1. The Labute approximate surface area is 178 Å². The van der Waals surface area contributed by atoms with Crippen LogP contribution in [0.3, 0.4) is 0 Å². The summed E-state index contributed by atoms with van der Waals surface area (Å²) in [7, 11) is 1.58. The molecule has 2 aromatic carbocycles. The van der Waals surface area contributed by atoms with Gasteiger partial charge in [-0.05, 0) is 55.3 Å². The Morgan fingerprint density at radius 2 is 1.87 bits per heavy atom. The molecular weight excluding hydrogens is 407 g/mol. The van der Waals surface area contributed by atoms with Crippen LogP contribution in [0.2, 0.25) is 0 Å². The molecule has 0 bridgehead atoms. The summed E-state index contributed by atoms with van der Waals surface area (Å²) in [6, 6.07) is 12.4. The summed E-state index contributed by atoms with van der Waals surface area (Å²) in [4.78, 5) is 12.4. The second-order valence-corrected chi connectivity index (χ2v) is 7.00. The second-order valence-electron chi connectivity index (χ2n) is 7.00. The van der Waals surface area contributed by atoms with Gasteiger partial charge in [-0.3, -0.25) is 9.48 Å². The van der Waals surface area contributed by atoms with Gasteiger partial charge >= 0.3 is 6.18 Å². The Morgan fingerprint density at radius 3 is 2.52 bits per heavy atom. The number of carbonyl (C=O) groups is 1. The summed E-state index contributed by atoms with van der Waals surface area (Å²) in [5, 5.41) is 7.17. The van der Waals surface area contributed by atoms with Gasteiger partial charge in [0.05, 0.1) is 36.3 Å². The van der Waals surface area contributed by atoms with Crippen LogP contribution in [0.4, 0.5) is 18.9 Å². The summed E-state index contributed by atoms with van der Waals surface area (Å²) in [5.41, 5.74) is 2.37. The van der Waals surface area contributed by atoms with E-state index >= 15 is 0 Å². The summed E-state index contributed by atoms with van der Waals surface area (Å²) >= 11 is 0. The van der Waals surface area contributed by atoms with Crippen molar-refractivity contribution in [2.45, 2.75) is 26.6 Å². The maximum atomic E-state index is 12.9. The molecule has 1 N–H and O–H groups in total. The van der Waals surface area contributed by atoms with E-state index in [1.165, 1.54) is 12.1 Å². The molecule has 3 aromatic rings. The molecule has 0 spiro atoms. The number of anilines is 1. The lowest BCUT2D eigenvalue weighted by Crippen LogP contribution is -2.10. The monoisotopic (exact) mass is 429 g/mol. The van der Waals surface area contributed by atoms with Gasteiger partial charge in [-0.25, -0.2) is 0 Å². The first kappa shape index (κ1) is 22.1. The highest BCUT2D eigenvalue weighted by molar-refractivity contribution is 6.02. The van der Waals surface area contributed by atoms with E-state index in [1.54, 1.807) is 49.9 Å². The van der Waals surface area contributed by atoms with Crippen LogP contribution in [0.5, 0.6) is 5.75 Å². The minimum Gasteiger partial charge on any atom is -0.497 e. The van der Waals surface area contributed by atoms with Crippen molar-refractivity contribution < 1.29 is 22.7 Å². The molecule has 0 saturated carbocycles. The molecule has 0 saturated heterocycles. The number of benzene rings is 2. The van der Waals surface area contributed by atoms with Crippen LogP contribution < -0.4 is 10.1 Å². The average Bonchev–Trinajstić information content (AvgIpc) is 2.99. The normalized spacial score (nSPS) is 11.7. The maximum absolute atomic E-state index is 12.9. The van der Waals surface area contributed by atoms with Crippen molar-refractivity contribution in [2.24, 2.45) is 0 Å². The third kappa shape index (κ3) is 5.53. The number of nitrogens with one attached hydrogen (secondary N) is 1. The zero-order valence-corrected chi connectivity index (χ0v) is 17.3. The summed E-state index contributed by atoms with van der Waals surface area (Å²) < 4.78 is 45.5. The fraction of sp³-hybridized carbons (Fsp3) is 0.217. The van der Waals surface area contributed by atoms with Gasteiger partial charge in [-0.15, -0.1) is 0 Å². The van der Waals surface area contributed by atoms with Crippen molar-refractivity contribution in [3.63, 3.8) is 0 Å². The van der Waals surface area contributed by atoms with Crippen molar-refractivity contribution in [1.29, 1.82) is 0 Å². The van der Waals surface area contributed by atoms with Gasteiger partial charge in [-0.1, -0.05) is 24.3 Å². The highest BCUT2D eigenvalue weighted by Gasteiger charge is 2.30. The first-order valence-corrected chi connectivity index (χ1v) is 9.50. The average molecular weight is 429 g/mol. The Bertz CT molecular complexity index is 1100.